The summed E-state index contributed by atoms with van der Waals surface area (Å²) >= 11 is 13.1. The second kappa shape index (κ2) is 7.47. The maximum Gasteiger partial charge on any atom is 0.339 e. The Balaban J connectivity index is 1.58. The Hall–Kier alpha value is -2.54. The van der Waals surface area contributed by atoms with E-state index in [1.54, 1.807) is 47.8 Å². The number of aromatic carboxylic acids is 1. The molecule has 2 aromatic carbocycles. The van der Waals surface area contributed by atoms with Crippen LogP contribution in [-0.4, -0.2) is 23.1 Å². The minimum Gasteiger partial charge on any atom is -0.480 e. The topological polar surface area (TPSA) is 75.6 Å². The van der Waals surface area contributed by atoms with Gasteiger partial charge in [-0.3, -0.25) is 4.79 Å². The number of carbonyl (C=O) groups excluding carboxylic acids is 1. The molecule has 3 aromatic rings. The predicted molar refractivity (Wildman–Crippen MR) is 110 cm³/mol. The zero-order valence-corrected chi connectivity index (χ0v) is 16.6. The quantitative estimate of drug-likeness (QED) is 0.580. The van der Waals surface area contributed by atoms with Crippen LogP contribution in [0.2, 0.25) is 10.0 Å². The molecule has 142 valence electrons. The first-order chi connectivity index (χ1) is 13.4. The number of thiophene rings is 1. The van der Waals surface area contributed by atoms with Crippen molar-refractivity contribution in [2.24, 2.45) is 0 Å². The van der Waals surface area contributed by atoms with E-state index in [-0.39, 0.29) is 11.3 Å². The maximum absolute atomic E-state index is 12.7. The highest BCUT2D eigenvalue weighted by Crippen LogP contribution is 2.37. The highest BCUT2D eigenvalue weighted by molar-refractivity contribution is 7.14. The smallest absolute Gasteiger partial charge is 0.339 e. The molecule has 2 N–H and O–H groups in total. The van der Waals surface area contributed by atoms with E-state index in [4.69, 9.17) is 27.9 Å². The Labute approximate surface area is 174 Å². The second-order valence-corrected chi connectivity index (χ2v) is 7.97. The van der Waals surface area contributed by atoms with Crippen molar-refractivity contribution < 1.29 is 19.4 Å². The van der Waals surface area contributed by atoms with Crippen LogP contribution in [0.3, 0.4) is 0 Å². The van der Waals surface area contributed by atoms with Crippen molar-refractivity contribution in [1.82, 2.24) is 0 Å². The lowest BCUT2D eigenvalue weighted by molar-refractivity contribution is -0.122. The summed E-state index contributed by atoms with van der Waals surface area (Å²) in [5.74, 6) is -0.922. The highest BCUT2D eigenvalue weighted by atomic mass is 35.5. The van der Waals surface area contributed by atoms with Crippen LogP contribution in [-0.2, 0) is 11.2 Å². The first-order valence-electron chi connectivity index (χ1n) is 8.29. The fraction of sp³-hybridized carbons (Fsp3) is 0.100. The first-order valence-corrected chi connectivity index (χ1v) is 9.92. The summed E-state index contributed by atoms with van der Waals surface area (Å²) < 4.78 is 5.67. The highest BCUT2D eigenvalue weighted by Gasteiger charge is 2.31. The van der Waals surface area contributed by atoms with Crippen LogP contribution in [0.5, 0.6) is 5.75 Å². The molecule has 0 fully saturated rings. The third-order valence-corrected chi connectivity index (χ3v) is 5.87. The molecular weight excluding hydrogens is 421 g/mol. The van der Waals surface area contributed by atoms with E-state index in [2.05, 4.69) is 5.32 Å². The molecule has 28 heavy (non-hydrogen) atoms. The largest absolute Gasteiger partial charge is 0.480 e. The minimum absolute atomic E-state index is 0.0410. The fourth-order valence-electron chi connectivity index (χ4n) is 3.05. The molecule has 0 aliphatic carbocycles. The number of fused-ring (bicyclic) bond motifs is 1. The van der Waals surface area contributed by atoms with E-state index in [0.717, 1.165) is 5.56 Å². The molecule has 1 amide bonds. The van der Waals surface area contributed by atoms with Gasteiger partial charge in [-0.1, -0.05) is 35.3 Å². The molecule has 1 aliphatic rings. The van der Waals surface area contributed by atoms with E-state index in [1.165, 1.54) is 11.3 Å². The average molecular weight is 434 g/mol. The van der Waals surface area contributed by atoms with Crippen LogP contribution in [0.25, 0.3) is 10.4 Å². The Bertz CT molecular complexity index is 1080. The monoisotopic (exact) mass is 433 g/mol. The number of amides is 1. The Kier molecular flexibility index (Phi) is 5.02. The molecule has 0 bridgehead atoms. The molecule has 1 unspecified atom stereocenters. The van der Waals surface area contributed by atoms with Crippen LogP contribution in [0, 0.1) is 0 Å². The fourth-order valence-corrected chi connectivity index (χ4v) is 4.37. The summed E-state index contributed by atoms with van der Waals surface area (Å²) in [6, 6.07) is 12.0. The van der Waals surface area contributed by atoms with Crippen molar-refractivity contribution in [1.29, 1.82) is 0 Å². The van der Waals surface area contributed by atoms with Crippen molar-refractivity contribution in [2.45, 2.75) is 12.5 Å². The molecular formula is C20H13Cl2NO4S. The SMILES string of the molecule is O=C(O)c1c(NC(=O)C2Cc3cc(Cl)ccc3O2)csc1-c1ccc(Cl)cc1. The predicted octanol–water partition coefficient (Wildman–Crippen LogP) is 5.36. The van der Waals surface area contributed by atoms with Gasteiger partial charge >= 0.3 is 5.97 Å². The number of carboxylic acid groups (broad SMARTS) is 1. The van der Waals surface area contributed by atoms with Gasteiger partial charge in [0.2, 0.25) is 0 Å². The van der Waals surface area contributed by atoms with Gasteiger partial charge in [0.05, 0.1) is 10.6 Å². The average Bonchev–Trinajstić information content (AvgIpc) is 3.26. The summed E-state index contributed by atoms with van der Waals surface area (Å²) in [7, 11) is 0. The minimum atomic E-state index is -1.12. The van der Waals surface area contributed by atoms with Crippen molar-refractivity contribution >= 4 is 52.1 Å². The standard InChI is InChI=1S/C20H13Cl2NO4S/c21-12-3-1-10(2-4-12)18-17(20(25)26)14(9-28-18)23-19(24)16-8-11-7-13(22)5-6-15(11)27-16/h1-7,9,16H,8H2,(H,23,24)(H,25,26). The van der Waals surface area contributed by atoms with Gasteiger partial charge in [-0.15, -0.1) is 11.3 Å². The number of hydrogen-bond acceptors (Lipinski definition) is 4. The zero-order valence-electron chi connectivity index (χ0n) is 14.2. The summed E-state index contributed by atoms with van der Waals surface area (Å²) in [6.07, 6.45) is -0.368. The lowest BCUT2D eigenvalue weighted by Gasteiger charge is -2.11. The molecule has 0 saturated carbocycles. The maximum atomic E-state index is 12.7. The van der Waals surface area contributed by atoms with Crippen molar-refractivity contribution in [2.75, 3.05) is 5.32 Å². The number of carboxylic acids is 1. The number of benzene rings is 2. The Morgan fingerprint density at radius 2 is 1.82 bits per heavy atom. The summed E-state index contributed by atoms with van der Waals surface area (Å²) in [5, 5.41) is 15.1. The molecule has 2 heterocycles. The van der Waals surface area contributed by atoms with Crippen LogP contribution in [0.1, 0.15) is 15.9 Å². The molecule has 0 saturated heterocycles. The number of halogens is 2. The molecule has 1 aliphatic heterocycles. The van der Waals surface area contributed by atoms with Crippen molar-refractivity contribution in [3.63, 3.8) is 0 Å². The molecule has 5 nitrogen and oxygen atoms in total. The second-order valence-electron chi connectivity index (χ2n) is 6.22. The van der Waals surface area contributed by atoms with Crippen LogP contribution in [0.15, 0.2) is 47.8 Å². The number of carbonyl (C=O) groups is 2. The van der Waals surface area contributed by atoms with Gasteiger partial charge in [-0.2, -0.15) is 0 Å². The third-order valence-electron chi connectivity index (χ3n) is 4.36. The molecule has 0 radical (unpaired) electrons. The normalized spacial score (nSPS) is 15.0. The van der Waals surface area contributed by atoms with E-state index >= 15 is 0 Å². The summed E-state index contributed by atoms with van der Waals surface area (Å²) in [6.45, 7) is 0. The van der Waals surface area contributed by atoms with E-state index in [9.17, 15) is 14.7 Å². The molecule has 1 aromatic heterocycles. The van der Waals surface area contributed by atoms with Gasteiger partial charge in [-0.25, -0.2) is 4.79 Å². The number of nitrogens with one attached hydrogen (secondary N) is 1. The van der Waals surface area contributed by atoms with Gasteiger partial charge < -0.3 is 15.2 Å². The van der Waals surface area contributed by atoms with Crippen molar-refractivity contribution in [3.8, 4) is 16.2 Å². The third kappa shape index (κ3) is 3.58. The van der Waals surface area contributed by atoms with Crippen molar-refractivity contribution in [3.05, 3.63) is 69.0 Å². The molecule has 8 heteroatoms. The number of anilines is 1. The first kappa shape index (κ1) is 18.8. The Morgan fingerprint density at radius 1 is 1.11 bits per heavy atom. The van der Waals surface area contributed by atoms with Gasteiger partial charge in [0.1, 0.15) is 11.3 Å². The zero-order chi connectivity index (χ0) is 19.8. The lowest BCUT2D eigenvalue weighted by atomic mass is 10.1. The van der Waals surface area contributed by atoms with Gasteiger partial charge in [-0.05, 0) is 41.5 Å². The van der Waals surface area contributed by atoms with E-state index in [0.29, 0.717) is 32.7 Å². The molecule has 4 rings (SSSR count). The number of rotatable bonds is 4. The summed E-state index contributed by atoms with van der Waals surface area (Å²) in [4.78, 5) is 25.0. The van der Waals surface area contributed by atoms with Gasteiger partial charge in [0.15, 0.2) is 6.10 Å². The number of hydrogen-bond donors (Lipinski definition) is 2. The number of ether oxygens (including phenoxy) is 1. The molecule has 1 atom stereocenters. The van der Waals surface area contributed by atoms with Crippen LogP contribution in [0.4, 0.5) is 5.69 Å². The summed E-state index contributed by atoms with van der Waals surface area (Å²) in [5.41, 5.74) is 1.84. The molecule has 0 spiro atoms. The van der Waals surface area contributed by atoms with E-state index in [1.807, 2.05) is 0 Å². The van der Waals surface area contributed by atoms with Gasteiger partial charge in [0, 0.05) is 21.8 Å². The van der Waals surface area contributed by atoms with E-state index < -0.39 is 18.0 Å². The Morgan fingerprint density at radius 3 is 2.54 bits per heavy atom. The van der Waals surface area contributed by atoms with Crippen LogP contribution < -0.4 is 10.1 Å². The lowest BCUT2D eigenvalue weighted by Crippen LogP contribution is -2.31. The van der Waals surface area contributed by atoms with Gasteiger partial charge in [0.25, 0.3) is 5.91 Å². The van der Waals surface area contributed by atoms with Crippen LogP contribution >= 0.6 is 34.5 Å².